The molecule has 1 aromatic rings. The zero-order valence-electron chi connectivity index (χ0n) is 7.94. The second-order valence-corrected chi connectivity index (χ2v) is 4.74. The van der Waals surface area contributed by atoms with Crippen molar-refractivity contribution in [1.29, 1.82) is 0 Å². The Labute approximate surface area is 98.6 Å². The quantitative estimate of drug-likeness (QED) is 0.829. The van der Waals surface area contributed by atoms with E-state index in [-0.39, 0.29) is 5.54 Å². The second kappa shape index (κ2) is 4.56. The van der Waals surface area contributed by atoms with Crippen molar-refractivity contribution in [1.82, 2.24) is 4.98 Å². The Bertz CT molecular complexity index is 326. The summed E-state index contributed by atoms with van der Waals surface area (Å²) in [4.78, 5) is 4.08. The lowest BCUT2D eigenvalue weighted by Crippen LogP contribution is -2.33. The van der Waals surface area contributed by atoms with E-state index in [0.29, 0.717) is 21.7 Å². The number of halogens is 3. The molecule has 0 aliphatic heterocycles. The number of rotatable bonds is 3. The highest BCUT2D eigenvalue weighted by Gasteiger charge is 2.17. The molecule has 2 nitrogen and oxygen atoms in total. The van der Waals surface area contributed by atoms with Crippen molar-refractivity contribution in [2.75, 3.05) is 11.2 Å². The Kier molecular flexibility index (Phi) is 3.87. The van der Waals surface area contributed by atoms with Crippen LogP contribution in [0.5, 0.6) is 0 Å². The number of alkyl halides is 1. The molecule has 0 saturated heterocycles. The van der Waals surface area contributed by atoms with Gasteiger partial charge in [-0.25, -0.2) is 4.98 Å². The average molecular weight is 254 g/mol. The van der Waals surface area contributed by atoms with Crippen molar-refractivity contribution < 1.29 is 0 Å². The van der Waals surface area contributed by atoms with Crippen LogP contribution in [0.4, 0.5) is 5.82 Å². The Morgan fingerprint density at radius 2 is 2.07 bits per heavy atom. The van der Waals surface area contributed by atoms with Gasteiger partial charge in [-0.05, 0) is 19.9 Å². The summed E-state index contributed by atoms with van der Waals surface area (Å²) < 4.78 is 0. The molecule has 0 spiro atoms. The van der Waals surface area contributed by atoms with Gasteiger partial charge in [0.1, 0.15) is 5.82 Å². The highest BCUT2D eigenvalue weighted by Crippen LogP contribution is 2.25. The Morgan fingerprint density at radius 1 is 1.43 bits per heavy atom. The zero-order chi connectivity index (χ0) is 10.8. The second-order valence-electron chi connectivity index (χ2n) is 3.63. The van der Waals surface area contributed by atoms with Crippen molar-refractivity contribution in [3.05, 3.63) is 22.3 Å². The highest BCUT2D eigenvalue weighted by molar-refractivity contribution is 6.36. The first kappa shape index (κ1) is 11.9. The van der Waals surface area contributed by atoms with Gasteiger partial charge in [0.15, 0.2) is 0 Å². The van der Waals surface area contributed by atoms with Gasteiger partial charge in [0.2, 0.25) is 0 Å². The van der Waals surface area contributed by atoms with E-state index in [4.69, 9.17) is 34.8 Å². The summed E-state index contributed by atoms with van der Waals surface area (Å²) in [5.41, 5.74) is -0.244. The molecule has 0 fully saturated rings. The van der Waals surface area contributed by atoms with Gasteiger partial charge >= 0.3 is 0 Å². The van der Waals surface area contributed by atoms with Crippen LogP contribution in [-0.4, -0.2) is 16.4 Å². The van der Waals surface area contributed by atoms with E-state index in [9.17, 15) is 0 Å². The maximum absolute atomic E-state index is 5.94. The fourth-order valence-electron chi connectivity index (χ4n) is 0.860. The molecule has 1 aromatic heterocycles. The molecule has 1 N–H and O–H groups in total. The molecule has 0 amide bonds. The van der Waals surface area contributed by atoms with Gasteiger partial charge in [-0.15, -0.1) is 11.6 Å². The molecule has 0 aliphatic rings. The van der Waals surface area contributed by atoms with E-state index in [2.05, 4.69) is 10.3 Å². The molecular weight excluding hydrogens is 242 g/mol. The van der Waals surface area contributed by atoms with E-state index in [1.54, 1.807) is 12.3 Å². The third-order valence-corrected chi connectivity index (χ3v) is 2.76. The summed E-state index contributed by atoms with van der Waals surface area (Å²) >= 11 is 17.4. The zero-order valence-corrected chi connectivity index (χ0v) is 10.2. The number of nitrogens with one attached hydrogen (secondary N) is 1. The molecule has 14 heavy (non-hydrogen) atoms. The monoisotopic (exact) mass is 252 g/mol. The molecule has 0 radical (unpaired) electrons. The van der Waals surface area contributed by atoms with Crippen LogP contribution in [0.3, 0.4) is 0 Å². The molecule has 5 heteroatoms. The third kappa shape index (κ3) is 3.19. The van der Waals surface area contributed by atoms with Gasteiger partial charge in [-0.2, -0.15) is 0 Å². The summed E-state index contributed by atoms with van der Waals surface area (Å²) in [5.74, 6) is 1.06. The van der Waals surface area contributed by atoms with Crippen molar-refractivity contribution in [3.63, 3.8) is 0 Å². The molecular formula is C9H11Cl3N2. The largest absolute Gasteiger partial charge is 0.363 e. The minimum absolute atomic E-state index is 0.244. The van der Waals surface area contributed by atoms with Gasteiger partial charge in [-0.1, -0.05) is 23.2 Å². The van der Waals surface area contributed by atoms with Crippen LogP contribution in [0.15, 0.2) is 12.3 Å². The molecule has 0 bridgehead atoms. The van der Waals surface area contributed by atoms with Crippen LogP contribution in [0.1, 0.15) is 13.8 Å². The average Bonchev–Trinajstić information content (AvgIpc) is 2.10. The van der Waals surface area contributed by atoms with Crippen molar-refractivity contribution in [2.45, 2.75) is 19.4 Å². The van der Waals surface area contributed by atoms with Crippen LogP contribution in [0, 0.1) is 0 Å². The Morgan fingerprint density at radius 3 is 2.57 bits per heavy atom. The molecule has 1 heterocycles. The first-order valence-electron chi connectivity index (χ1n) is 4.10. The highest BCUT2D eigenvalue weighted by atomic mass is 35.5. The van der Waals surface area contributed by atoms with Crippen molar-refractivity contribution in [2.24, 2.45) is 0 Å². The van der Waals surface area contributed by atoms with Crippen LogP contribution >= 0.6 is 34.8 Å². The molecule has 78 valence electrons. The van der Waals surface area contributed by atoms with E-state index in [1.807, 2.05) is 13.8 Å². The van der Waals surface area contributed by atoms with Gasteiger partial charge in [-0.3, -0.25) is 0 Å². The summed E-state index contributed by atoms with van der Waals surface area (Å²) in [5, 5.41) is 4.14. The van der Waals surface area contributed by atoms with Crippen molar-refractivity contribution in [3.8, 4) is 0 Å². The number of pyridine rings is 1. The van der Waals surface area contributed by atoms with Gasteiger partial charge in [0.05, 0.1) is 10.0 Å². The van der Waals surface area contributed by atoms with E-state index >= 15 is 0 Å². The number of anilines is 1. The number of aromatic nitrogens is 1. The summed E-state index contributed by atoms with van der Waals surface area (Å²) in [6, 6.07) is 1.64. The lowest BCUT2D eigenvalue weighted by molar-refractivity contribution is 0.638. The van der Waals surface area contributed by atoms with E-state index < -0.39 is 0 Å². The van der Waals surface area contributed by atoms with Crippen LogP contribution in [-0.2, 0) is 0 Å². The number of nitrogens with zero attached hydrogens (tertiary/aromatic N) is 1. The standard InChI is InChI=1S/C9H11Cl3N2/c1-9(2,5-10)14-8-7(12)3-6(11)4-13-8/h3-4H,5H2,1-2H3,(H,13,14). The van der Waals surface area contributed by atoms with Gasteiger partial charge in [0, 0.05) is 17.6 Å². The van der Waals surface area contributed by atoms with E-state index in [0.717, 1.165) is 0 Å². The first-order valence-corrected chi connectivity index (χ1v) is 5.39. The van der Waals surface area contributed by atoms with Gasteiger partial charge < -0.3 is 5.32 Å². The Hall–Kier alpha value is -0.180. The maximum atomic E-state index is 5.94. The molecule has 0 aliphatic carbocycles. The molecule has 0 aromatic carbocycles. The summed E-state index contributed by atoms with van der Waals surface area (Å²) in [6.45, 7) is 3.93. The molecule has 0 atom stereocenters. The minimum atomic E-state index is -0.244. The molecule has 1 rings (SSSR count). The van der Waals surface area contributed by atoms with Crippen LogP contribution < -0.4 is 5.32 Å². The molecule has 0 unspecified atom stereocenters. The lowest BCUT2D eigenvalue weighted by Gasteiger charge is -2.24. The normalized spacial score (nSPS) is 11.5. The van der Waals surface area contributed by atoms with Gasteiger partial charge in [0.25, 0.3) is 0 Å². The van der Waals surface area contributed by atoms with Crippen LogP contribution in [0.2, 0.25) is 10.0 Å². The van der Waals surface area contributed by atoms with Crippen molar-refractivity contribution >= 4 is 40.6 Å². The topological polar surface area (TPSA) is 24.9 Å². The van der Waals surface area contributed by atoms with Crippen LogP contribution in [0.25, 0.3) is 0 Å². The fraction of sp³-hybridized carbons (Fsp3) is 0.444. The minimum Gasteiger partial charge on any atom is -0.363 e. The SMILES string of the molecule is CC(C)(CCl)Nc1ncc(Cl)cc1Cl. The van der Waals surface area contributed by atoms with E-state index in [1.165, 1.54) is 0 Å². The first-order chi connectivity index (χ1) is 6.44. The lowest BCUT2D eigenvalue weighted by atomic mass is 10.1. The maximum Gasteiger partial charge on any atom is 0.145 e. The Balaban J connectivity index is 2.87. The number of hydrogen-bond donors (Lipinski definition) is 1. The third-order valence-electron chi connectivity index (χ3n) is 1.60. The molecule has 0 saturated carbocycles. The predicted octanol–water partition coefficient (Wildman–Crippen LogP) is 3.82. The summed E-state index contributed by atoms with van der Waals surface area (Å²) in [7, 11) is 0. The summed E-state index contributed by atoms with van der Waals surface area (Å²) in [6.07, 6.45) is 1.54. The number of hydrogen-bond acceptors (Lipinski definition) is 2. The fourth-order valence-corrected chi connectivity index (χ4v) is 1.35. The smallest absolute Gasteiger partial charge is 0.145 e. The predicted molar refractivity (Wildman–Crippen MR) is 62.7 cm³/mol.